The summed E-state index contributed by atoms with van der Waals surface area (Å²) in [5.41, 5.74) is 3.04. The second-order valence-corrected chi connectivity index (χ2v) is 5.82. The van der Waals surface area contributed by atoms with Gasteiger partial charge >= 0.3 is 0 Å². The third-order valence-corrected chi connectivity index (χ3v) is 4.27. The number of methoxy groups -OCH3 is 1. The first-order valence-corrected chi connectivity index (χ1v) is 7.85. The van der Waals surface area contributed by atoms with Gasteiger partial charge < -0.3 is 4.74 Å². The molecule has 0 aliphatic heterocycles. The van der Waals surface area contributed by atoms with Crippen LogP contribution in [0.5, 0.6) is 0 Å². The van der Waals surface area contributed by atoms with Crippen LogP contribution in [0.25, 0.3) is 28.1 Å². The summed E-state index contributed by atoms with van der Waals surface area (Å²) >= 11 is 6.31. The molecule has 0 fully saturated rings. The number of rotatable bonds is 3. The van der Waals surface area contributed by atoms with Crippen LogP contribution in [0.4, 0.5) is 0 Å². The van der Waals surface area contributed by atoms with Crippen LogP contribution >= 0.6 is 11.6 Å². The molecule has 0 unspecified atom stereocenters. The third kappa shape index (κ3) is 1.96. The maximum Gasteiger partial charge on any atom is 0.259 e. The Hall–Kier alpha value is -3.04. The summed E-state index contributed by atoms with van der Waals surface area (Å²) in [6, 6.07) is 7.83. The fourth-order valence-corrected chi connectivity index (χ4v) is 3.21. The predicted octanol–water partition coefficient (Wildman–Crippen LogP) is 1.91. The summed E-state index contributed by atoms with van der Waals surface area (Å²) in [6.45, 7) is 0.369. The van der Waals surface area contributed by atoms with Gasteiger partial charge in [-0.25, -0.2) is 9.38 Å². The normalized spacial score (nSPS) is 11.9. The lowest BCUT2D eigenvalue weighted by Gasteiger charge is -2.07. The Morgan fingerprint density at radius 1 is 1.12 bits per heavy atom. The molecule has 0 N–H and O–H groups in total. The smallest absolute Gasteiger partial charge is 0.259 e. The maximum absolute atomic E-state index is 6.31. The molecule has 0 radical (unpaired) electrons. The fraction of sp³-hybridized carbons (Fsp3) is 0.133. The third-order valence-electron chi connectivity index (χ3n) is 4.00. The molecule has 4 heterocycles. The van der Waals surface area contributed by atoms with Crippen molar-refractivity contribution < 1.29 is 4.74 Å². The number of halogens is 1. The van der Waals surface area contributed by atoms with Crippen molar-refractivity contribution in [2.24, 2.45) is 0 Å². The molecule has 124 valence electrons. The first kappa shape index (κ1) is 14.3. The van der Waals surface area contributed by atoms with Gasteiger partial charge in [0.05, 0.1) is 24.5 Å². The van der Waals surface area contributed by atoms with E-state index < -0.39 is 0 Å². The number of hydrogen-bond donors (Lipinski definition) is 0. The molecule has 5 rings (SSSR count). The van der Waals surface area contributed by atoms with E-state index in [0.717, 1.165) is 16.6 Å². The monoisotopic (exact) mass is 354 g/mol. The lowest BCUT2D eigenvalue weighted by molar-refractivity contribution is 0.181. The van der Waals surface area contributed by atoms with Gasteiger partial charge in [0, 0.05) is 12.5 Å². The van der Waals surface area contributed by atoms with E-state index in [4.69, 9.17) is 16.3 Å². The number of aromatic nitrogens is 8. The van der Waals surface area contributed by atoms with Crippen molar-refractivity contribution in [1.82, 2.24) is 39.0 Å². The molecular weight excluding hydrogens is 344 g/mol. The number of para-hydroxylation sites is 1. The highest BCUT2D eigenvalue weighted by atomic mass is 35.5. The average molecular weight is 355 g/mol. The van der Waals surface area contributed by atoms with E-state index in [0.29, 0.717) is 29.2 Å². The van der Waals surface area contributed by atoms with Crippen LogP contribution in [0.2, 0.25) is 5.28 Å². The Morgan fingerprint density at radius 3 is 2.88 bits per heavy atom. The molecule has 25 heavy (non-hydrogen) atoms. The summed E-state index contributed by atoms with van der Waals surface area (Å²) in [6.07, 6.45) is 3.44. The second kappa shape index (κ2) is 5.23. The number of nitrogens with zero attached hydrogens (tertiary/aromatic N) is 8. The quantitative estimate of drug-likeness (QED) is 0.492. The Labute approximate surface area is 145 Å². The van der Waals surface area contributed by atoms with Gasteiger partial charge in [0.15, 0.2) is 5.65 Å². The maximum atomic E-state index is 6.31. The zero-order valence-electron chi connectivity index (χ0n) is 13.0. The zero-order valence-corrected chi connectivity index (χ0v) is 13.8. The zero-order chi connectivity index (χ0) is 17.0. The first-order chi connectivity index (χ1) is 12.3. The molecule has 0 bridgehead atoms. The van der Waals surface area contributed by atoms with E-state index in [9.17, 15) is 0 Å². The van der Waals surface area contributed by atoms with Gasteiger partial charge in [-0.1, -0.05) is 17.3 Å². The van der Waals surface area contributed by atoms with E-state index in [1.54, 1.807) is 24.2 Å². The van der Waals surface area contributed by atoms with Crippen molar-refractivity contribution in [3.05, 3.63) is 47.6 Å². The van der Waals surface area contributed by atoms with Crippen molar-refractivity contribution >= 4 is 33.8 Å². The Balaban J connectivity index is 1.90. The molecule has 0 atom stereocenters. The lowest BCUT2D eigenvalue weighted by atomic mass is 10.2. The van der Waals surface area contributed by atoms with Crippen LogP contribution in [0.15, 0.2) is 36.7 Å². The Bertz CT molecular complexity index is 1240. The van der Waals surface area contributed by atoms with E-state index >= 15 is 0 Å². The second-order valence-electron chi connectivity index (χ2n) is 5.48. The highest BCUT2D eigenvalue weighted by Gasteiger charge is 2.18. The summed E-state index contributed by atoms with van der Waals surface area (Å²) < 4.78 is 10.4. The molecule has 0 saturated heterocycles. The molecule has 0 aliphatic rings. The van der Waals surface area contributed by atoms with Crippen LogP contribution in [-0.2, 0) is 11.3 Å². The van der Waals surface area contributed by atoms with E-state index in [1.165, 1.54) is 0 Å². The molecule has 5 aromatic rings. The van der Waals surface area contributed by atoms with Gasteiger partial charge in [0.2, 0.25) is 5.28 Å². The molecule has 9 nitrogen and oxygen atoms in total. The molecule has 10 heteroatoms. The first-order valence-electron chi connectivity index (χ1n) is 7.47. The van der Waals surface area contributed by atoms with Gasteiger partial charge in [0.25, 0.3) is 5.95 Å². The van der Waals surface area contributed by atoms with E-state index in [2.05, 4.69) is 25.5 Å². The van der Waals surface area contributed by atoms with Crippen molar-refractivity contribution in [3.63, 3.8) is 0 Å². The van der Waals surface area contributed by atoms with Crippen molar-refractivity contribution in [3.8, 4) is 5.95 Å². The predicted molar refractivity (Wildman–Crippen MR) is 89.9 cm³/mol. The fourth-order valence-electron chi connectivity index (χ4n) is 2.98. The topological polar surface area (TPSA) is 87.4 Å². The summed E-state index contributed by atoms with van der Waals surface area (Å²) in [7, 11) is 1.61. The largest absolute Gasteiger partial charge is 0.378 e. The Kier molecular flexibility index (Phi) is 2.99. The van der Waals surface area contributed by atoms with Gasteiger partial charge in [-0.15, -0.1) is 15.3 Å². The molecule has 1 aromatic carbocycles. The number of fused-ring (bicyclic) bond motifs is 6. The molecule has 0 amide bonds. The van der Waals surface area contributed by atoms with Crippen LogP contribution in [0.1, 0.15) is 5.69 Å². The number of hydrogen-bond acceptors (Lipinski definition) is 6. The van der Waals surface area contributed by atoms with Gasteiger partial charge in [-0.05, 0) is 23.7 Å². The highest BCUT2D eigenvalue weighted by Crippen LogP contribution is 2.26. The minimum Gasteiger partial charge on any atom is -0.378 e. The van der Waals surface area contributed by atoms with Crippen LogP contribution in [0, 0.1) is 0 Å². The standard InChI is InChI=1S/C15H11ClN8O/c1-25-8-9-7-22(21-18-9)15-20-19-13-10-4-2-3-5-11(10)23-12(24(13)15)6-17-14(23)16/h2-7H,8H2,1H3. The molecule has 0 saturated carbocycles. The van der Waals surface area contributed by atoms with Gasteiger partial charge in [0.1, 0.15) is 11.3 Å². The summed E-state index contributed by atoms with van der Waals surface area (Å²) in [4.78, 5) is 4.23. The molecule has 4 aromatic heterocycles. The van der Waals surface area contributed by atoms with Crippen LogP contribution in [-0.4, -0.2) is 46.1 Å². The number of benzene rings is 1. The molecular formula is C15H11ClN8O. The molecule has 0 spiro atoms. The van der Waals surface area contributed by atoms with Crippen LogP contribution < -0.4 is 0 Å². The summed E-state index contributed by atoms with van der Waals surface area (Å²) in [5, 5.41) is 18.1. The highest BCUT2D eigenvalue weighted by molar-refractivity contribution is 6.29. The van der Waals surface area contributed by atoms with Crippen molar-refractivity contribution in [2.45, 2.75) is 6.61 Å². The average Bonchev–Trinajstić information content (AvgIpc) is 3.33. The van der Waals surface area contributed by atoms with E-state index in [-0.39, 0.29) is 0 Å². The summed E-state index contributed by atoms with van der Waals surface area (Å²) in [5.74, 6) is 0.497. The minimum absolute atomic E-state index is 0.367. The van der Waals surface area contributed by atoms with Gasteiger partial charge in [-0.3, -0.25) is 4.40 Å². The minimum atomic E-state index is 0.367. The number of ether oxygens (including phenoxy) is 1. The van der Waals surface area contributed by atoms with Gasteiger partial charge in [-0.2, -0.15) is 4.68 Å². The van der Waals surface area contributed by atoms with Crippen molar-refractivity contribution in [2.75, 3.05) is 7.11 Å². The SMILES string of the molecule is COCc1cn(-c2nnc3c4ccccc4n4c(Cl)ncc4n23)nn1. The van der Waals surface area contributed by atoms with E-state index in [1.807, 2.05) is 33.1 Å². The Morgan fingerprint density at radius 2 is 2.00 bits per heavy atom. The molecule has 0 aliphatic carbocycles. The van der Waals surface area contributed by atoms with Crippen molar-refractivity contribution in [1.29, 1.82) is 0 Å². The lowest BCUT2D eigenvalue weighted by Crippen LogP contribution is -2.05. The number of imidazole rings is 1. The van der Waals surface area contributed by atoms with Crippen LogP contribution in [0.3, 0.4) is 0 Å².